The molecule has 0 unspecified atom stereocenters. The molecule has 13 amide bonds. The Morgan fingerprint density at radius 3 is 1.93 bits per heavy atom. The van der Waals surface area contributed by atoms with Gasteiger partial charge in [0.15, 0.2) is 0 Å². The third-order valence-electron chi connectivity index (χ3n) is 15.8. The van der Waals surface area contributed by atoms with Crippen molar-refractivity contribution in [3.8, 4) is 0 Å². The highest BCUT2D eigenvalue weighted by Crippen LogP contribution is 2.22. The topological polar surface area (TPSA) is 507 Å². The first-order valence-electron chi connectivity index (χ1n) is 32.4. The number of amides is 13. The van der Waals surface area contributed by atoms with Crippen LogP contribution in [0.5, 0.6) is 0 Å². The molecule has 1 aromatic carbocycles. The van der Waals surface area contributed by atoms with Crippen molar-refractivity contribution < 1.29 is 72.2 Å². The summed E-state index contributed by atoms with van der Waals surface area (Å²) in [6.45, 7) is 7.54. The molecule has 15 N–H and O–H groups in total. The van der Waals surface area contributed by atoms with E-state index in [0.717, 1.165) is 6.92 Å². The molecule has 10 atom stereocenters. The Morgan fingerprint density at radius 1 is 0.717 bits per heavy atom. The van der Waals surface area contributed by atoms with E-state index in [4.69, 9.17) is 17.3 Å². The quantitative estimate of drug-likeness (QED) is 0.0162. The van der Waals surface area contributed by atoms with Crippen LogP contribution in [-0.2, 0) is 86.4 Å². The second-order valence-corrected chi connectivity index (χ2v) is 25.0. The van der Waals surface area contributed by atoms with Crippen molar-refractivity contribution in [2.45, 2.75) is 178 Å². The van der Waals surface area contributed by atoms with Gasteiger partial charge in [-0.05, 0) is 109 Å². The van der Waals surface area contributed by atoms with Crippen molar-refractivity contribution in [3.05, 3.63) is 105 Å². The number of aromatic nitrogens is 2. The summed E-state index contributed by atoms with van der Waals surface area (Å²) >= 11 is 6.15. The summed E-state index contributed by atoms with van der Waals surface area (Å²) in [5, 5.41) is 44.0. The summed E-state index contributed by atoms with van der Waals surface area (Å²) in [5.41, 5.74) is 16.0. The summed E-state index contributed by atoms with van der Waals surface area (Å²) in [6.07, 6.45) is 3.94. The number of carboxylic acids is 1. The minimum absolute atomic E-state index is 0.0308. The number of hydrogen-bond acceptors (Lipinski definition) is 18. The second kappa shape index (κ2) is 40.5. The number of carboxylic acid groups (broad SMARTS) is 1. The number of pyridine rings is 2. The lowest BCUT2D eigenvalue weighted by atomic mass is 10.00. The molecule has 5 rings (SSSR count). The molecule has 2 saturated heterocycles. The van der Waals surface area contributed by atoms with Crippen molar-refractivity contribution in [3.63, 3.8) is 0 Å². The zero-order chi connectivity index (χ0) is 72.7. The molecule has 0 radical (unpaired) electrons. The number of nitrogens with one attached hydrogen (secondary N) is 12. The number of likely N-dealkylation sites (tertiary alicyclic amines) is 1. The van der Waals surface area contributed by atoms with Gasteiger partial charge in [-0.2, -0.15) is 0 Å². The fourth-order valence-electron chi connectivity index (χ4n) is 10.8. The third-order valence-corrected chi connectivity index (χ3v) is 16.0. The monoisotopic (exact) mass is 1400 g/mol. The average molecular weight is 1400 g/mol. The van der Waals surface area contributed by atoms with Gasteiger partial charge in [0.25, 0.3) is 0 Å². The van der Waals surface area contributed by atoms with Gasteiger partial charge >= 0.3 is 5.97 Å². The number of hydrogen-bond donors (Lipinski definition) is 14. The minimum Gasteiger partial charge on any atom is -0.480 e. The van der Waals surface area contributed by atoms with E-state index in [0.29, 0.717) is 47.5 Å². The van der Waals surface area contributed by atoms with Crippen molar-refractivity contribution in [1.82, 2.24) is 78.7 Å². The molecule has 536 valence electrons. The van der Waals surface area contributed by atoms with Crippen LogP contribution in [0.25, 0.3) is 10.4 Å². The maximum atomic E-state index is 15.0. The van der Waals surface area contributed by atoms with E-state index in [1.54, 1.807) is 44.2 Å². The predicted molar refractivity (Wildman–Crippen MR) is 356 cm³/mol. The number of nitrogens with two attached hydrogens (primary N) is 1. The summed E-state index contributed by atoms with van der Waals surface area (Å²) in [5.74, 6) is -14.3. The Kier molecular flexibility index (Phi) is 32.5. The van der Waals surface area contributed by atoms with Crippen LogP contribution in [0.3, 0.4) is 0 Å². The highest BCUT2D eigenvalue weighted by atomic mass is 35.5. The molecule has 35 heteroatoms. The summed E-state index contributed by atoms with van der Waals surface area (Å²) in [6, 6.07) is -3.08. The highest BCUT2D eigenvalue weighted by molar-refractivity contribution is 6.30. The van der Waals surface area contributed by atoms with Crippen LogP contribution in [-0.4, -0.2) is 202 Å². The van der Waals surface area contributed by atoms with Crippen molar-refractivity contribution in [1.29, 1.82) is 0 Å². The smallest absolute Gasteiger partial charge is 0.327 e. The van der Waals surface area contributed by atoms with Gasteiger partial charge in [0.05, 0.1) is 13.0 Å². The predicted octanol–water partition coefficient (Wildman–Crippen LogP) is -1.96. The molecule has 0 bridgehead atoms. The summed E-state index contributed by atoms with van der Waals surface area (Å²) in [7, 11) is 0. The molecule has 2 fully saturated rings. The Bertz CT molecular complexity index is 3380. The number of aliphatic carboxylic acids is 1. The van der Waals surface area contributed by atoms with E-state index < -0.39 is 182 Å². The van der Waals surface area contributed by atoms with Gasteiger partial charge in [-0.25, -0.2) is 4.79 Å². The van der Waals surface area contributed by atoms with E-state index in [2.05, 4.69) is 83.8 Å². The van der Waals surface area contributed by atoms with Crippen LogP contribution in [0.4, 0.5) is 0 Å². The van der Waals surface area contributed by atoms with E-state index in [1.165, 1.54) is 47.9 Å². The molecular formula is C64H88ClN19O15. The van der Waals surface area contributed by atoms with Crippen LogP contribution in [0.2, 0.25) is 5.02 Å². The van der Waals surface area contributed by atoms with Crippen LogP contribution in [0, 0.1) is 5.92 Å². The number of rotatable bonds is 28. The van der Waals surface area contributed by atoms with Crippen LogP contribution in [0.15, 0.2) is 78.4 Å². The maximum absolute atomic E-state index is 15.0. The first-order valence-corrected chi connectivity index (χ1v) is 32.8. The normalized spacial score (nSPS) is 20.2. The molecule has 99 heavy (non-hydrogen) atoms. The molecule has 34 nitrogen and oxygen atoms in total. The van der Waals surface area contributed by atoms with E-state index in [1.807, 2.05) is 13.8 Å². The van der Waals surface area contributed by atoms with Crippen molar-refractivity contribution in [2.24, 2.45) is 16.8 Å². The SMILES string of the molecule is CC(=O)N[C@H]1CC(=O)NCC(=O)NCC[C@@H](C(=O)N[C@H](Cc2cccnc2)C(=O)N[C@@H](CC(C)C)C(=O)N[C@@H](CCCCNC(C)C)C(=O)N2CCC[C@H]2C(=O)N[C@@H](CN)C(=O)O)NC(=O)[C@H](CC(=O)N=[N+]=[N-])NC(=O)[C@@H](Cc2cccnc2)NC(=O)[C@@H](Cc2ccc(Cl)cc2)NC1=O. The lowest BCUT2D eigenvalue weighted by Gasteiger charge is -2.31. The molecule has 2 aliphatic heterocycles. The average Bonchev–Trinajstić information content (AvgIpc) is 1.74. The van der Waals surface area contributed by atoms with E-state index in [-0.39, 0.29) is 57.0 Å². The van der Waals surface area contributed by atoms with E-state index in [9.17, 15) is 77.8 Å². The van der Waals surface area contributed by atoms with Gasteiger partial charge in [0.2, 0.25) is 76.8 Å². The Labute approximate surface area is 576 Å². The molecule has 2 aliphatic rings. The van der Waals surface area contributed by atoms with Gasteiger partial charge in [0.1, 0.15) is 60.4 Å². The van der Waals surface area contributed by atoms with Crippen LogP contribution < -0.4 is 69.5 Å². The minimum atomic E-state index is -2.02. The Morgan fingerprint density at radius 2 is 1.32 bits per heavy atom. The zero-order valence-corrected chi connectivity index (χ0v) is 56.4. The first-order chi connectivity index (χ1) is 47.1. The number of carbonyl (C=O) groups excluding carboxylic acids is 13. The molecule has 4 heterocycles. The Hall–Kier alpha value is -10.2. The van der Waals surface area contributed by atoms with Gasteiger partial charge in [0, 0.05) is 93.0 Å². The number of benzene rings is 1. The van der Waals surface area contributed by atoms with Gasteiger partial charge in [-0.15, -0.1) is 0 Å². The lowest BCUT2D eigenvalue weighted by molar-refractivity contribution is -0.145. The number of halogens is 1. The Balaban J connectivity index is 1.53. The van der Waals surface area contributed by atoms with Crippen LogP contribution in [0.1, 0.15) is 109 Å². The highest BCUT2D eigenvalue weighted by Gasteiger charge is 2.41. The largest absolute Gasteiger partial charge is 0.480 e. The molecule has 0 saturated carbocycles. The fraction of sp³-hybridized carbons (Fsp3) is 0.531. The van der Waals surface area contributed by atoms with E-state index >= 15 is 0 Å². The van der Waals surface area contributed by atoms with Gasteiger partial charge in [-0.3, -0.25) is 72.3 Å². The molecule has 2 aromatic heterocycles. The summed E-state index contributed by atoms with van der Waals surface area (Å²) < 4.78 is 0. The van der Waals surface area contributed by atoms with Gasteiger partial charge < -0.3 is 79.5 Å². The van der Waals surface area contributed by atoms with Crippen molar-refractivity contribution >= 4 is 94.4 Å². The standard InChI is InChI=1S/C64H88ClN19O15/c1-35(2)25-44(56(90)75-43(13-6-7-22-70-36(3)4)63(97)84-24-10-14-51(84)62(96)81-50(31-66)64(98)99)76-58(92)46(27-39-11-8-20-68-32-39)77-55(89)42-19-23-71-54(88)34-72-52(86)29-48(73-37(5)85)60(94)78-45(26-38-15-17-41(65)18-16-38)57(91)79-47(28-40-12-9-21-69-33-40)59(93)80-49(61(95)74-42)30-53(87)82-83-67/h8-9,11-12,15-18,20-21,32-33,35-36,42-51,70H,6-7,10,13-14,19,22-31,34,66H2,1-5H3,(H,71,88)(H,72,86)(H,73,85)(H,74,95)(H,75,90)(H,76,92)(H,77,89)(H,78,94)(H,79,91)(H,80,93)(H,81,96)(H,98,99)/t42-,43-,44-,45+,46+,47+,48-,49-,50-,51-/m0/s1. The molecule has 3 aromatic rings. The lowest BCUT2D eigenvalue weighted by Crippen LogP contribution is -2.61. The zero-order valence-electron chi connectivity index (χ0n) is 55.7. The van der Waals surface area contributed by atoms with Gasteiger partial charge in [-0.1, -0.05) is 63.6 Å². The molecular weight excluding hydrogens is 1310 g/mol. The number of azide groups is 1. The summed E-state index contributed by atoms with van der Waals surface area (Å²) in [4.78, 5) is 207. The number of nitrogens with zero attached hydrogens (tertiary/aromatic N) is 6. The fourth-order valence-corrected chi connectivity index (χ4v) is 10.9. The second-order valence-electron chi connectivity index (χ2n) is 24.6. The van der Waals surface area contributed by atoms with Crippen LogP contribution >= 0.6 is 11.6 Å². The third kappa shape index (κ3) is 27.3. The maximum Gasteiger partial charge on any atom is 0.327 e. The number of carbonyl (C=O) groups is 14. The number of unbranched alkanes of at least 4 members (excludes halogenated alkanes) is 1. The van der Waals surface area contributed by atoms with Crippen molar-refractivity contribution in [2.75, 3.05) is 32.7 Å². The first kappa shape index (κ1) is 79.5. The molecule has 0 spiro atoms. The molecule has 0 aliphatic carbocycles.